The Hall–Kier alpha value is -3.13. The van der Waals surface area contributed by atoms with Gasteiger partial charge in [0.15, 0.2) is 5.65 Å². The van der Waals surface area contributed by atoms with Gasteiger partial charge in [-0.05, 0) is 24.5 Å². The Morgan fingerprint density at radius 3 is 2.79 bits per heavy atom. The van der Waals surface area contributed by atoms with E-state index < -0.39 is 0 Å². The highest BCUT2D eigenvalue weighted by Crippen LogP contribution is 2.30. The topological polar surface area (TPSA) is 88.4 Å². The van der Waals surface area contributed by atoms with Crippen LogP contribution in [0.15, 0.2) is 53.2 Å². The van der Waals surface area contributed by atoms with E-state index in [-0.39, 0.29) is 18.2 Å². The number of amides is 2. The number of rotatable bonds is 6. The minimum absolute atomic E-state index is 0.0891. The van der Waals surface area contributed by atoms with Crippen molar-refractivity contribution in [1.82, 2.24) is 19.9 Å². The Labute approximate surface area is 171 Å². The monoisotopic (exact) mass is 405 g/mol. The van der Waals surface area contributed by atoms with Gasteiger partial charge in [0.25, 0.3) is 5.91 Å². The normalized spacial score (nSPS) is 17.9. The molecule has 2 aliphatic rings. The van der Waals surface area contributed by atoms with Crippen LogP contribution in [0.5, 0.6) is 0 Å². The molecule has 1 aromatic carbocycles. The van der Waals surface area contributed by atoms with E-state index in [2.05, 4.69) is 27.9 Å². The number of fused-ring (bicyclic) bond motifs is 1. The van der Waals surface area contributed by atoms with Crippen LogP contribution in [-0.4, -0.2) is 32.5 Å². The fraction of sp³-hybridized carbons (Fsp3) is 0.238. The molecule has 146 valence electrons. The quantitative estimate of drug-likeness (QED) is 0.284. The average molecular weight is 405 g/mol. The Balaban J connectivity index is 1.51. The molecule has 0 atom stereocenters. The second-order valence-corrected chi connectivity index (χ2v) is 8.23. The van der Waals surface area contributed by atoms with E-state index in [0.29, 0.717) is 17.3 Å². The number of benzene rings is 1. The van der Waals surface area contributed by atoms with Gasteiger partial charge in [-0.2, -0.15) is 9.61 Å². The van der Waals surface area contributed by atoms with Crippen LogP contribution in [0.2, 0.25) is 0 Å². The smallest absolute Gasteiger partial charge is 0.254 e. The number of thioether (sulfide) groups is 1. The maximum atomic E-state index is 11.9. The number of aromatic nitrogens is 3. The number of anilines is 1. The first-order valence-corrected chi connectivity index (χ1v) is 10.5. The number of carbonyl (C=O) groups excluding carboxylic acids is 2. The van der Waals surface area contributed by atoms with E-state index >= 15 is 0 Å². The molecule has 3 aromatic rings. The Bertz CT molecular complexity index is 1130. The molecule has 1 aliphatic carbocycles. The van der Waals surface area contributed by atoms with E-state index in [1.165, 1.54) is 5.56 Å². The summed E-state index contributed by atoms with van der Waals surface area (Å²) < 4.78 is 1.77. The lowest BCUT2D eigenvalue weighted by Gasteiger charge is -2.10. The minimum atomic E-state index is -0.347. The van der Waals surface area contributed by atoms with Crippen LogP contribution in [0.25, 0.3) is 11.7 Å². The van der Waals surface area contributed by atoms with E-state index in [1.807, 2.05) is 24.3 Å². The Kier molecular flexibility index (Phi) is 4.55. The average Bonchev–Trinajstić information content (AvgIpc) is 3.36. The molecule has 0 radical (unpaired) electrons. The van der Waals surface area contributed by atoms with Crippen LogP contribution >= 0.6 is 11.8 Å². The van der Waals surface area contributed by atoms with Crippen molar-refractivity contribution in [2.75, 3.05) is 5.32 Å². The van der Waals surface area contributed by atoms with Crippen molar-refractivity contribution in [2.24, 2.45) is 0 Å². The lowest BCUT2D eigenvalue weighted by atomic mass is 10.1. The third-order valence-corrected chi connectivity index (χ3v) is 5.84. The maximum absolute atomic E-state index is 11.9. The zero-order valence-corrected chi connectivity index (χ0v) is 16.4. The van der Waals surface area contributed by atoms with E-state index in [4.69, 9.17) is 4.98 Å². The van der Waals surface area contributed by atoms with Crippen molar-refractivity contribution in [3.63, 3.8) is 0 Å². The van der Waals surface area contributed by atoms with Crippen LogP contribution in [-0.2, 0) is 15.3 Å². The second-order valence-electron chi connectivity index (χ2n) is 7.23. The van der Waals surface area contributed by atoms with Gasteiger partial charge in [0.05, 0.1) is 12.6 Å². The van der Waals surface area contributed by atoms with Crippen molar-refractivity contribution < 1.29 is 9.59 Å². The molecular formula is C21H19N5O2S. The summed E-state index contributed by atoms with van der Waals surface area (Å²) >= 11 is 1.66. The van der Waals surface area contributed by atoms with Crippen LogP contribution in [0.3, 0.4) is 0 Å². The molecule has 29 heavy (non-hydrogen) atoms. The highest BCUT2D eigenvalue weighted by atomic mass is 32.2. The summed E-state index contributed by atoms with van der Waals surface area (Å²) in [5.41, 5.74) is 3.07. The van der Waals surface area contributed by atoms with Crippen molar-refractivity contribution in [3.05, 3.63) is 59.3 Å². The molecule has 0 bridgehead atoms. The van der Waals surface area contributed by atoms with Crippen molar-refractivity contribution >= 4 is 41.1 Å². The zero-order chi connectivity index (χ0) is 19.8. The molecule has 0 spiro atoms. The molecule has 5 rings (SSSR count). The first-order valence-electron chi connectivity index (χ1n) is 9.52. The standard InChI is InChI=1S/C21H19N5O2S/c27-18-9-14(21(28)24-18)8-15-11-22-26-17(23-16-6-7-16)10-19(25-20(15)26)29-12-13-4-2-1-3-5-13/h1-5,8,10-11,16,23H,6-7,9,12H2,(H,24,27,28)/b14-8+. The van der Waals surface area contributed by atoms with Gasteiger partial charge < -0.3 is 5.32 Å². The summed E-state index contributed by atoms with van der Waals surface area (Å²) in [6.45, 7) is 0. The lowest BCUT2D eigenvalue weighted by Crippen LogP contribution is -2.19. The summed E-state index contributed by atoms with van der Waals surface area (Å²) in [6, 6.07) is 12.7. The molecule has 3 heterocycles. The number of imide groups is 1. The third-order valence-electron chi connectivity index (χ3n) is 4.86. The molecular weight excluding hydrogens is 386 g/mol. The van der Waals surface area contributed by atoms with Crippen molar-refractivity contribution in [1.29, 1.82) is 0 Å². The van der Waals surface area contributed by atoms with Gasteiger partial charge in [-0.25, -0.2) is 4.98 Å². The zero-order valence-electron chi connectivity index (χ0n) is 15.6. The van der Waals surface area contributed by atoms with Crippen LogP contribution in [0, 0.1) is 0 Å². The van der Waals surface area contributed by atoms with Crippen LogP contribution < -0.4 is 10.6 Å². The van der Waals surface area contributed by atoms with Crippen LogP contribution in [0.1, 0.15) is 30.4 Å². The van der Waals surface area contributed by atoms with E-state index in [0.717, 1.165) is 35.0 Å². The van der Waals surface area contributed by atoms with Gasteiger partial charge in [-0.15, -0.1) is 11.8 Å². The predicted molar refractivity (Wildman–Crippen MR) is 111 cm³/mol. The highest BCUT2D eigenvalue weighted by Gasteiger charge is 2.25. The first-order chi connectivity index (χ1) is 14.2. The predicted octanol–water partition coefficient (Wildman–Crippen LogP) is 3.03. The molecule has 1 saturated heterocycles. The maximum Gasteiger partial charge on any atom is 0.254 e. The van der Waals surface area contributed by atoms with Gasteiger partial charge in [-0.3, -0.25) is 14.9 Å². The molecule has 2 N–H and O–H groups in total. The summed E-state index contributed by atoms with van der Waals surface area (Å²) in [7, 11) is 0. The van der Waals surface area contributed by atoms with Crippen molar-refractivity contribution in [3.8, 4) is 0 Å². The van der Waals surface area contributed by atoms with Gasteiger partial charge in [0, 0.05) is 29.0 Å². The minimum Gasteiger partial charge on any atom is -0.367 e. The van der Waals surface area contributed by atoms with E-state index in [9.17, 15) is 9.59 Å². The number of carbonyl (C=O) groups is 2. The van der Waals surface area contributed by atoms with Gasteiger partial charge in [0.1, 0.15) is 10.8 Å². The first kappa shape index (κ1) is 17.9. The van der Waals surface area contributed by atoms with E-state index in [1.54, 1.807) is 28.6 Å². The Morgan fingerprint density at radius 2 is 2.07 bits per heavy atom. The fourth-order valence-corrected chi connectivity index (χ4v) is 4.07. The summed E-state index contributed by atoms with van der Waals surface area (Å²) in [5.74, 6) is 1.08. The summed E-state index contributed by atoms with van der Waals surface area (Å²) in [6.07, 6.45) is 5.79. The molecule has 8 heteroatoms. The van der Waals surface area contributed by atoms with Gasteiger partial charge in [-0.1, -0.05) is 30.3 Å². The lowest BCUT2D eigenvalue weighted by molar-refractivity contribution is -0.124. The van der Waals surface area contributed by atoms with Gasteiger partial charge in [0.2, 0.25) is 5.91 Å². The number of hydrogen-bond donors (Lipinski definition) is 2. The summed E-state index contributed by atoms with van der Waals surface area (Å²) in [5, 5.41) is 11.2. The highest BCUT2D eigenvalue weighted by molar-refractivity contribution is 7.98. The molecule has 7 nitrogen and oxygen atoms in total. The number of nitrogens with one attached hydrogen (secondary N) is 2. The third kappa shape index (κ3) is 3.88. The fourth-order valence-electron chi connectivity index (χ4n) is 3.21. The Morgan fingerprint density at radius 1 is 1.24 bits per heavy atom. The molecule has 2 fully saturated rings. The molecule has 0 unspecified atom stereocenters. The SMILES string of the molecule is O=C1C/C(=C\c2cnn3c(NC4CC4)cc(SCc4ccccc4)nc23)C(=O)N1. The largest absolute Gasteiger partial charge is 0.367 e. The molecule has 2 amide bonds. The molecule has 1 aliphatic heterocycles. The van der Waals surface area contributed by atoms with Crippen LogP contribution in [0.4, 0.5) is 5.82 Å². The molecule has 2 aromatic heterocycles. The van der Waals surface area contributed by atoms with Gasteiger partial charge >= 0.3 is 0 Å². The second kappa shape index (κ2) is 7.36. The summed E-state index contributed by atoms with van der Waals surface area (Å²) in [4.78, 5) is 28.2. The number of hydrogen-bond acceptors (Lipinski definition) is 6. The van der Waals surface area contributed by atoms with Crippen molar-refractivity contribution in [2.45, 2.75) is 36.1 Å². The molecule has 1 saturated carbocycles. The number of nitrogens with zero attached hydrogens (tertiary/aromatic N) is 3.